The SMILES string of the molecule is c1ccc(-c2nc(-c3ccc4c(c3)oc3ccccc34)cc(-c3cccc4c3sc3c4ccc4c(-c5ccccc5)nc5ccccc5c43)n2)cc1. The molecular weight excluding hydrogens is 655 g/mol. The molecule has 52 heavy (non-hydrogen) atoms. The lowest BCUT2D eigenvalue weighted by Gasteiger charge is -2.11. The lowest BCUT2D eigenvalue weighted by atomic mass is 9.97. The molecule has 11 rings (SSSR count). The maximum atomic E-state index is 6.29. The van der Waals surface area contributed by atoms with Crippen molar-refractivity contribution in [3.8, 4) is 45.2 Å². The number of hydrogen-bond acceptors (Lipinski definition) is 5. The van der Waals surface area contributed by atoms with E-state index in [1.54, 1.807) is 0 Å². The van der Waals surface area contributed by atoms with Gasteiger partial charge >= 0.3 is 0 Å². The highest BCUT2D eigenvalue weighted by Crippen LogP contribution is 2.46. The third-order valence-corrected chi connectivity index (χ3v) is 11.4. The van der Waals surface area contributed by atoms with Crippen LogP contribution in [0.15, 0.2) is 168 Å². The van der Waals surface area contributed by atoms with Gasteiger partial charge in [-0.15, -0.1) is 11.3 Å². The van der Waals surface area contributed by atoms with Crippen LogP contribution in [0.2, 0.25) is 0 Å². The second-order valence-corrected chi connectivity index (χ2v) is 14.2. The Labute approximate surface area is 302 Å². The van der Waals surface area contributed by atoms with Crippen LogP contribution in [-0.2, 0) is 0 Å². The van der Waals surface area contributed by atoms with Crippen molar-refractivity contribution in [3.63, 3.8) is 0 Å². The Morgan fingerprint density at radius 1 is 0.404 bits per heavy atom. The zero-order chi connectivity index (χ0) is 34.2. The van der Waals surface area contributed by atoms with Gasteiger partial charge < -0.3 is 4.42 Å². The molecule has 0 spiro atoms. The van der Waals surface area contributed by atoms with E-state index in [4.69, 9.17) is 19.4 Å². The Morgan fingerprint density at radius 2 is 1.06 bits per heavy atom. The third-order valence-electron chi connectivity index (χ3n) is 10.1. The van der Waals surface area contributed by atoms with Crippen molar-refractivity contribution in [1.29, 1.82) is 0 Å². The molecule has 5 heteroatoms. The molecule has 0 radical (unpaired) electrons. The van der Waals surface area contributed by atoms with Gasteiger partial charge in [-0.3, -0.25) is 0 Å². The smallest absolute Gasteiger partial charge is 0.160 e. The summed E-state index contributed by atoms with van der Waals surface area (Å²) in [4.78, 5) is 15.6. The van der Waals surface area contributed by atoms with Crippen molar-refractivity contribution in [2.45, 2.75) is 0 Å². The van der Waals surface area contributed by atoms with Crippen molar-refractivity contribution < 1.29 is 4.42 Å². The van der Waals surface area contributed by atoms with Crippen LogP contribution in [0.25, 0.3) is 109 Å². The summed E-state index contributed by atoms with van der Waals surface area (Å²) >= 11 is 1.84. The summed E-state index contributed by atoms with van der Waals surface area (Å²) in [6, 6.07) is 57.0. The molecule has 0 aliphatic carbocycles. The number of aromatic nitrogens is 3. The fourth-order valence-corrected chi connectivity index (χ4v) is 9.03. The minimum absolute atomic E-state index is 0.686. The summed E-state index contributed by atoms with van der Waals surface area (Å²) in [5, 5.41) is 8.21. The minimum Gasteiger partial charge on any atom is -0.456 e. The van der Waals surface area contributed by atoms with Gasteiger partial charge in [0.05, 0.1) is 22.6 Å². The number of para-hydroxylation sites is 2. The van der Waals surface area contributed by atoms with E-state index in [2.05, 4.69) is 127 Å². The van der Waals surface area contributed by atoms with Crippen LogP contribution in [0.1, 0.15) is 0 Å². The lowest BCUT2D eigenvalue weighted by Crippen LogP contribution is -1.96. The van der Waals surface area contributed by atoms with Crippen molar-refractivity contribution in [2.75, 3.05) is 0 Å². The fraction of sp³-hybridized carbons (Fsp3) is 0. The number of nitrogens with zero attached hydrogens (tertiary/aromatic N) is 3. The first-order chi connectivity index (χ1) is 25.8. The second kappa shape index (κ2) is 11.4. The van der Waals surface area contributed by atoms with Crippen LogP contribution in [0, 0.1) is 0 Å². The minimum atomic E-state index is 0.686. The van der Waals surface area contributed by atoms with E-state index in [-0.39, 0.29) is 0 Å². The van der Waals surface area contributed by atoms with Gasteiger partial charge in [0.2, 0.25) is 0 Å². The summed E-state index contributed by atoms with van der Waals surface area (Å²) < 4.78 is 8.74. The molecule has 0 bridgehead atoms. The van der Waals surface area contributed by atoms with Gasteiger partial charge in [-0.1, -0.05) is 133 Å². The molecule has 4 nitrogen and oxygen atoms in total. The molecule has 4 aromatic heterocycles. The first-order valence-corrected chi connectivity index (χ1v) is 18.2. The number of rotatable bonds is 4. The van der Waals surface area contributed by atoms with Gasteiger partial charge in [-0.25, -0.2) is 15.0 Å². The van der Waals surface area contributed by atoms with Gasteiger partial charge in [0.1, 0.15) is 11.2 Å². The zero-order valence-corrected chi connectivity index (χ0v) is 28.6. The zero-order valence-electron chi connectivity index (χ0n) is 27.7. The monoisotopic (exact) mass is 681 g/mol. The van der Waals surface area contributed by atoms with Crippen molar-refractivity contribution in [1.82, 2.24) is 15.0 Å². The van der Waals surface area contributed by atoms with Gasteiger partial charge in [-0.05, 0) is 30.3 Å². The number of thiophene rings is 1. The number of benzene rings is 7. The summed E-state index contributed by atoms with van der Waals surface area (Å²) in [6.45, 7) is 0. The average Bonchev–Trinajstić information content (AvgIpc) is 3.79. The summed E-state index contributed by atoms with van der Waals surface area (Å²) in [5.74, 6) is 0.686. The van der Waals surface area contributed by atoms with E-state index in [0.29, 0.717) is 5.82 Å². The van der Waals surface area contributed by atoms with Crippen LogP contribution in [-0.4, -0.2) is 15.0 Å². The quantitative estimate of drug-likeness (QED) is 0.174. The Balaban J connectivity index is 1.17. The lowest BCUT2D eigenvalue weighted by molar-refractivity contribution is 0.669. The molecule has 7 aromatic carbocycles. The summed E-state index contributed by atoms with van der Waals surface area (Å²) in [7, 11) is 0. The van der Waals surface area contributed by atoms with Crippen LogP contribution in [0.5, 0.6) is 0 Å². The number of fused-ring (bicyclic) bond motifs is 10. The number of furan rings is 1. The maximum absolute atomic E-state index is 6.29. The molecule has 0 atom stereocenters. The van der Waals surface area contributed by atoms with Crippen molar-refractivity contribution in [2.24, 2.45) is 0 Å². The van der Waals surface area contributed by atoms with E-state index in [0.717, 1.165) is 77.6 Å². The number of pyridine rings is 1. The highest BCUT2D eigenvalue weighted by Gasteiger charge is 2.19. The molecule has 0 fully saturated rings. The topological polar surface area (TPSA) is 51.8 Å². The van der Waals surface area contributed by atoms with E-state index >= 15 is 0 Å². The number of hydrogen-bond donors (Lipinski definition) is 0. The predicted molar refractivity (Wildman–Crippen MR) is 217 cm³/mol. The Bertz CT molecular complexity index is 3180. The van der Waals surface area contributed by atoms with E-state index in [9.17, 15) is 0 Å². The van der Waals surface area contributed by atoms with E-state index in [1.165, 1.54) is 25.6 Å². The van der Waals surface area contributed by atoms with Crippen LogP contribution in [0.3, 0.4) is 0 Å². The molecule has 0 saturated heterocycles. The first-order valence-electron chi connectivity index (χ1n) is 17.4. The summed E-state index contributed by atoms with van der Waals surface area (Å²) in [6.07, 6.45) is 0. The largest absolute Gasteiger partial charge is 0.456 e. The predicted octanol–water partition coefficient (Wildman–Crippen LogP) is 13.1. The first kappa shape index (κ1) is 29.1. The molecule has 0 unspecified atom stereocenters. The van der Waals surface area contributed by atoms with Gasteiger partial charge in [-0.2, -0.15) is 0 Å². The second-order valence-electron chi connectivity index (χ2n) is 13.1. The Hall–Kier alpha value is -6.69. The summed E-state index contributed by atoms with van der Waals surface area (Å²) in [5.41, 5.74) is 9.59. The fourth-order valence-electron chi connectivity index (χ4n) is 7.64. The van der Waals surface area contributed by atoms with E-state index < -0.39 is 0 Å². The normalized spacial score (nSPS) is 11.8. The Kier molecular flexibility index (Phi) is 6.39. The Morgan fingerprint density at radius 3 is 1.92 bits per heavy atom. The van der Waals surface area contributed by atoms with Crippen LogP contribution in [0.4, 0.5) is 0 Å². The highest BCUT2D eigenvalue weighted by atomic mass is 32.1. The molecule has 0 aliphatic heterocycles. The molecule has 0 amide bonds. The molecule has 0 aliphatic rings. The van der Waals surface area contributed by atoms with Crippen LogP contribution < -0.4 is 0 Å². The van der Waals surface area contributed by atoms with Gasteiger partial charge in [0.15, 0.2) is 5.82 Å². The standard InChI is InChI=1S/C47H27N3OS/c1-3-12-28(13-4-1)44-37-25-24-34-33-18-11-19-36(45(33)52-46(34)43(37)35-17-7-9-20-38(35)48-44)40-27-39(49-47(50-40)29-14-5-2-6-15-29)30-22-23-32-31-16-8-10-21-41(31)51-42(32)26-30/h1-27H. The average molecular weight is 682 g/mol. The highest BCUT2D eigenvalue weighted by molar-refractivity contribution is 7.27. The third kappa shape index (κ3) is 4.50. The maximum Gasteiger partial charge on any atom is 0.160 e. The molecule has 11 aromatic rings. The molecule has 242 valence electrons. The van der Waals surface area contributed by atoms with Crippen LogP contribution >= 0.6 is 11.3 Å². The van der Waals surface area contributed by atoms with Crippen molar-refractivity contribution >= 4 is 75.1 Å². The molecule has 0 saturated carbocycles. The van der Waals surface area contributed by atoms with E-state index in [1.807, 2.05) is 47.7 Å². The molecule has 0 N–H and O–H groups in total. The van der Waals surface area contributed by atoms with Crippen molar-refractivity contribution in [3.05, 3.63) is 164 Å². The molecule has 4 heterocycles. The van der Waals surface area contributed by atoms with Gasteiger partial charge in [0, 0.05) is 69.4 Å². The van der Waals surface area contributed by atoms with Gasteiger partial charge in [0.25, 0.3) is 0 Å². The molecular formula is C47H27N3OS.